The van der Waals surface area contributed by atoms with E-state index in [9.17, 15) is 9.59 Å². The van der Waals surface area contributed by atoms with Gasteiger partial charge in [0.1, 0.15) is 0 Å². The van der Waals surface area contributed by atoms with E-state index in [1.807, 2.05) is 54.3 Å². The van der Waals surface area contributed by atoms with Crippen LogP contribution in [-0.2, 0) is 16.1 Å². The van der Waals surface area contributed by atoms with Gasteiger partial charge >= 0.3 is 0 Å². The van der Waals surface area contributed by atoms with Crippen molar-refractivity contribution in [2.45, 2.75) is 57.0 Å². The fourth-order valence-corrected chi connectivity index (χ4v) is 5.29. The van der Waals surface area contributed by atoms with Crippen molar-refractivity contribution in [3.05, 3.63) is 71.3 Å². The molecule has 0 aromatic heterocycles. The van der Waals surface area contributed by atoms with Gasteiger partial charge in [-0.1, -0.05) is 61.4 Å². The van der Waals surface area contributed by atoms with E-state index in [2.05, 4.69) is 17.4 Å². The van der Waals surface area contributed by atoms with Crippen LogP contribution in [0.1, 0.15) is 66.4 Å². The summed E-state index contributed by atoms with van der Waals surface area (Å²) in [6.07, 6.45) is 4.57. The standard InChI is InChI=1S/C26H32N2O3/c1-2-31-18-10-17-27-24(29)23-21-13-6-7-14-22(21)25(30)28(26(23)15-8-9-16-26)19-20-11-4-3-5-12-20/h3-7,11-14,23H,2,8-10,15-19H2,1H3,(H,27,29)/t23-/m0/s1. The largest absolute Gasteiger partial charge is 0.382 e. The number of benzene rings is 2. The van der Waals surface area contributed by atoms with E-state index in [-0.39, 0.29) is 17.7 Å². The van der Waals surface area contributed by atoms with Gasteiger partial charge in [0.15, 0.2) is 0 Å². The van der Waals surface area contributed by atoms with Gasteiger partial charge in [-0.05, 0) is 43.4 Å². The molecule has 5 nitrogen and oxygen atoms in total. The highest BCUT2D eigenvalue weighted by atomic mass is 16.5. The summed E-state index contributed by atoms with van der Waals surface area (Å²) in [6.45, 7) is 4.41. The van der Waals surface area contributed by atoms with Crippen molar-refractivity contribution < 1.29 is 14.3 Å². The molecule has 1 heterocycles. The molecule has 2 aromatic rings. The third-order valence-corrected chi connectivity index (χ3v) is 6.71. The molecular weight excluding hydrogens is 388 g/mol. The number of amides is 2. The lowest BCUT2D eigenvalue weighted by molar-refractivity contribution is -0.126. The summed E-state index contributed by atoms with van der Waals surface area (Å²) in [5.74, 6) is -0.280. The summed E-state index contributed by atoms with van der Waals surface area (Å²) >= 11 is 0. The molecule has 0 unspecified atom stereocenters. The normalized spacial score (nSPS) is 19.5. The van der Waals surface area contributed by atoms with Crippen LogP contribution in [0, 0.1) is 0 Å². The molecule has 164 valence electrons. The third kappa shape index (κ3) is 4.24. The van der Waals surface area contributed by atoms with Crippen molar-refractivity contribution in [3.63, 3.8) is 0 Å². The Labute approximate surface area is 184 Å². The molecule has 0 bridgehead atoms. The van der Waals surface area contributed by atoms with Crippen LogP contribution >= 0.6 is 0 Å². The van der Waals surface area contributed by atoms with Crippen molar-refractivity contribution in [2.75, 3.05) is 19.8 Å². The summed E-state index contributed by atoms with van der Waals surface area (Å²) < 4.78 is 5.40. The second kappa shape index (κ2) is 9.65. The average molecular weight is 421 g/mol. The highest BCUT2D eigenvalue weighted by Crippen LogP contribution is 2.50. The summed E-state index contributed by atoms with van der Waals surface area (Å²) in [7, 11) is 0. The molecule has 31 heavy (non-hydrogen) atoms. The molecule has 2 aromatic carbocycles. The zero-order valence-electron chi connectivity index (χ0n) is 18.3. The molecule has 1 N–H and O–H groups in total. The zero-order chi connectivity index (χ0) is 21.7. The first-order valence-electron chi connectivity index (χ1n) is 11.5. The van der Waals surface area contributed by atoms with Gasteiger partial charge in [-0.3, -0.25) is 9.59 Å². The highest BCUT2D eigenvalue weighted by molar-refractivity contribution is 6.02. The van der Waals surface area contributed by atoms with Gasteiger partial charge in [0.2, 0.25) is 5.91 Å². The van der Waals surface area contributed by atoms with Gasteiger partial charge in [-0.2, -0.15) is 0 Å². The Balaban J connectivity index is 1.68. The molecule has 1 fully saturated rings. The van der Waals surface area contributed by atoms with Crippen LogP contribution in [0.5, 0.6) is 0 Å². The van der Waals surface area contributed by atoms with Gasteiger partial charge in [-0.25, -0.2) is 0 Å². The predicted molar refractivity (Wildman–Crippen MR) is 121 cm³/mol. The topological polar surface area (TPSA) is 58.6 Å². The number of rotatable bonds is 8. The molecule has 1 saturated carbocycles. The number of ether oxygens (including phenoxy) is 1. The van der Waals surface area contributed by atoms with Crippen LogP contribution in [0.2, 0.25) is 0 Å². The lowest BCUT2D eigenvalue weighted by Gasteiger charge is -2.50. The molecule has 2 amide bonds. The van der Waals surface area contributed by atoms with E-state index in [4.69, 9.17) is 4.74 Å². The van der Waals surface area contributed by atoms with Crippen LogP contribution < -0.4 is 5.32 Å². The molecule has 1 aliphatic carbocycles. The van der Waals surface area contributed by atoms with Gasteiger partial charge in [-0.15, -0.1) is 0 Å². The second-order valence-corrected chi connectivity index (χ2v) is 8.55. The first-order chi connectivity index (χ1) is 15.2. The van der Waals surface area contributed by atoms with Crippen molar-refractivity contribution in [3.8, 4) is 0 Å². The fourth-order valence-electron chi connectivity index (χ4n) is 5.29. The molecule has 0 saturated heterocycles. The van der Waals surface area contributed by atoms with Gasteiger partial charge in [0.25, 0.3) is 5.91 Å². The van der Waals surface area contributed by atoms with Crippen molar-refractivity contribution in [1.82, 2.24) is 10.2 Å². The summed E-state index contributed by atoms with van der Waals surface area (Å²) in [5.41, 5.74) is 2.16. The van der Waals surface area contributed by atoms with Crippen LogP contribution in [0.4, 0.5) is 0 Å². The maximum absolute atomic E-state index is 13.7. The number of hydrogen-bond acceptors (Lipinski definition) is 3. The van der Waals surface area contributed by atoms with Crippen LogP contribution in [0.25, 0.3) is 0 Å². The van der Waals surface area contributed by atoms with E-state index in [1.54, 1.807) is 0 Å². The molecule has 2 aliphatic rings. The van der Waals surface area contributed by atoms with E-state index in [0.717, 1.165) is 43.2 Å². The Kier molecular flexibility index (Phi) is 6.71. The molecule has 1 atom stereocenters. The second-order valence-electron chi connectivity index (χ2n) is 8.55. The van der Waals surface area contributed by atoms with Crippen molar-refractivity contribution >= 4 is 11.8 Å². The smallest absolute Gasteiger partial charge is 0.254 e. The maximum Gasteiger partial charge on any atom is 0.254 e. The molecule has 5 heteroatoms. The summed E-state index contributed by atoms with van der Waals surface area (Å²) in [4.78, 5) is 29.2. The van der Waals surface area contributed by atoms with E-state index < -0.39 is 5.54 Å². The first-order valence-corrected chi connectivity index (χ1v) is 11.5. The number of hydrogen-bond donors (Lipinski definition) is 1. The summed E-state index contributed by atoms with van der Waals surface area (Å²) in [6, 6.07) is 17.8. The Morgan fingerprint density at radius 2 is 1.81 bits per heavy atom. The highest BCUT2D eigenvalue weighted by Gasteiger charge is 2.55. The quantitative estimate of drug-likeness (QED) is 0.649. The van der Waals surface area contributed by atoms with Gasteiger partial charge < -0.3 is 15.0 Å². The van der Waals surface area contributed by atoms with Crippen molar-refractivity contribution in [1.29, 1.82) is 0 Å². The number of nitrogens with one attached hydrogen (secondary N) is 1. The fraction of sp³-hybridized carbons (Fsp3) is 0.462. The maximum atomic E-state index is 13.7. The minimum absolute atomic E-state index is 0.0245. The van der Waals surface area contributed by atoms with Crippen LogP contribution in [0.15, 0.2) is 54.6 Å². The molecule has 1 spiro atoms. The number of carbonyl (C=O) groups is 2. The number of carbonyl (C=O) groups excluding carboxylic acids is 2. The van der Waals surface area contributed by atoms with E-state index in [1.165, 1.54) is 0 Å². The lowest BCUT2D eigenvalue weighted by Crippen LogP contribution is -2.60. The molecular formula is C26H32N2O3. The number of nitrogens with zero attached hydrogens (tertiary/aromatic N) is 1. The molecule has 0 radical (unpaired) electrons. The minimum atomic E-state index is -0.467. The molecule has 1 aliphatic heterocycles. The average Bonchev–Trinajstić information content (AvgIpc) is 3.27. The third-order valence-electron chi connectivity index (χ3n) is 6.71. The minimum Gasteiger partial charge on any atom is -0.382 e. The van der Waals surface area contributed by atoms with Crippen LogP contribution in [0.3, 0.4) is 0 Å². The van der Waals surface area contributed by atoms with Crippen molar-refractivity contribution in [2.24, 2.45) is 0 Å². The Morgan fingerprint density at radius 3 is 2.55 bits per heavy atom. The Bertz CT molecular complexity index is 906. The first kappa shape index (κ1) is 21.6. The Hall–Kier alpha value is -2.66. The van der Waals surface area contributed by atoms with E-state index >= 15 is 0 Å². The number of fused-ring (bicyclic) bond motifs is 1. The predicted octanol–water partition coefficient (Wildman–Crippen LogP) is 4.28. The lowest BCUT2D eigenvalue weighted by atomic mass is 9.71. The SMILES string of the molecule is CCOCCCNC(=O)[C@@H]1c2ccccc2C(=O)N(Cc2ccccc2)C12CCCC2. The van der Waals surface area contributed by atoms with Gasteiger partial charge in [0.05, 0.1) is 11.5 Å². The monoisotopic (exact) mass is 420 g/mol. The van der Waals surface area contributed by atoms with E-state index in [0.29, 0.717) is 31.9 Å². The van der Waals surface area contributed by atoms with Gasteiger partial charge in [0, 0.05) is 31.9 Å². The Morgan fingerprint density at radius 1 is 1.10 bits per heavy atom. The van der Waals surface area contributed by atoms with Crippen LogP contribution in [-0.4, -0.2) is 42.0 Å². The summed E-state index contributed by atoms with van der Waals surface area (Å²) in [5, 5.41) is 3.15. The zero-order valence-corrected chi connectivity index (χ0v) is 18.3. The molecule has 4 rings (SSSR count).